The minimum Gasteiger partial charge on any atom is -0.0488 e. The highest BCUT2D eigenvalue weighted by Crippen LogP contribution is 2.53. The molecule has 0 saturated carbocycles. The van der Waals surface area contributed by atoms with Crippen molar-refractivity contribution >= 4 is 36.5 Å². The van der Waals surface area contributed by atoms with Gasteiger partial charge in [0.2, 0.25) is 0 Å². The van der Waals surface area contributed by atoms with Crippen molar-refractivity contribution in [3.05, 3.63) is 10.4 Å². The van der Waals surface area contributed by atoms with E-state index in [1.807, 2.05) is 0 Å². The van der Waals surface area contributed by atoms with Gasteiger partial charge in [-0.15, -0.1) is 0 Å². The second kappa shape index (κ2) is 3.88. The molecule has 6 heteroatoms. The smallest absolute Gasteiger partial charge is 0.0488 e. The molecule has 0 heterocycles. The first kappa shape index (κ1) is 6.70. The van der Waals surface area contributed by atoms with Gasteiger partial charge in [0.25, 0.3) is 0 Å². The van der Waals surface area contributed by atoms with Crippen molar-refractivity contribution < 1.29 is 0 Å². The summed E-state index contributed by atoms with van der Waals surface area (Å²) in [4.78, 5) is 5.70. The highest BCUT2D eigenvalue weighted by Gasteiger charge is 1.84. The van der Waals surface area contributed by atoms with Crippen molar-refractivity contribution in [3.63, 3.8) is 0 Å². The number of nitrogens with zero attached hydrogens (tertiary/aromatic N) is 3. The average molecular weight is 233 g/mol. The zero-order valence-electron chi connectivity index (χ0n) is 2.54. The molecule has 0 radical (unpaired) electrons. The molecule has 34 valence electrons. The molecule has 0 fully saturated rings. The summed E-state index contributed by atoms with van der Waals surface area (Å²) in [7, 11) is 0. The van der Waals surface area contributed by atoms with Crippen LogP contribution in [0.3, 0.4) is 0 Å². The minimum absolute atomic E-state index is 0.767. The Morgan fingerprint density at radius 3 is 2.17 bits per heavy atom. The van der Waals surface area contributed by atoms with Crippen LogP contribution < -0.4 is 0 Å². The van der Waals surface area contributed by atoms with Crippen molar-refractivity contribution in [2.24, 2.45) is 4.88 Å². The second-order valence-corrected chi connectivity index (χ2v) is 7.89. The topological polar surface area (TPSA) is 48.8 Å². The standard InChI is InChI=1S/Br2N3P/c1-6(2)5-4-3. The molecule has 0 amide bonds. The number of halogens is 2. The molecule has 3 nitrogen and oxygen atoms in total. The van der Waals surface area contributed by atoms with Gasteiger partial charge in [-0.1, -0.05) is 0 Å². The molecule has 0 aliphatic heterocycles. The lowest BCUT2D eigenvalue weighted by Gasteiger charge is -1.76. The van der Waals surface area contributed by atoms with E-state index in [0.717, 1.165) is 0 Å². The van der Waals surface area contributed by atoms with Gasteiger partial charge in [-0.25, -0.2) is 0 Å². The van der Waals surface area contributed by atoms with Crippen LogP contribution in [-0.2, 0) is 0 Å². The highest BCUT2D eigenvalue weighted by atomic mass is 79.9. The van der Waals surface area contributed by atoms with E-state index in [9.17, 15) is 0 Å². The highest BCUT2D eigenvalue weighted by molar-refractivity contribution is 9.69. The summed E-state index contributed by atoms with van der Waals surface area (Å²) in [5.74, 6) is 0. The van der Waals surface area contributed by atoms with Gasteiger partial charge < -0.3 is 0 Å². The lowest BCUT2D eigenvalue weighted by molar-refractivity contribution is 1.81. The molecule has 6 heavy (non-hydrogen) atoms. The molecule has 0 aliphatic rings. The Kier molecular flexibility index (Phi) is 4.33. The van der Waals surface area contributed by atoms with Gasteiger partial charge in [0, 0.05) is 4.91 Å². The fourth-order valence-corrected chi connectivity index (χ4v) is 0.471. The predicted octanol–water partition coefficient (Wildman–Crippen LogP) is 3.31. The summed E-state index contributed by atoms with van der Waals surface area (Å²) in [6.45, 7) is 0. The Labute approximate surface area is 52.0 Å². The Morgan fingerprint density at radius 1 is 1.67 bits per heavy atom. The molecular formula is Br2N3P. The van der Waals surface area contributed by atoms with Crippen LogP contribution in [0, 0.1) is 0 Å². The molecule has 0 aromatic carbocycles. The minimum atomic E-state index is -0.767. The maximum absolute atomic E-state index is 7.65. The number of azide groups is 1. The van der Waals surface area contributed by atoms with Crippen LogP contribution in [-0.4, -0.2) is 0 Å². The number of hydrogen-bond donors (Lipinski definition) is 0. The SMILES string of the molecule is [N-]=[N+]=NP(Br)Br. The van der Waals surface area contributed by atoms with E-state index in [2.05, 4.69) is 40.8 Å². The van der Waals surface area contributed by atoms with E-state index < -0.39 is 5.48 Å². The second-order valence-electron chi connectivity index (χ2n) is 0.394. The fourth-order valence-electron chi connectivity index (χ4n) is 0.0302. The quantitative estimate of drug-likeness (QED) is 0.288. The van der Waals surface area contributed by atoms with E-state index in [-0.39, 0.29) is 0 Å². The van der Waals surface area contributed by atoms with E-state index >= 15 is 0 Å². The third kappa shape index (κ3) is 4.70. The van der Waals surface area contributed by atoms with Crippen LogP contribution in [0.1, 0.15) is 0 Å². The summed E-state index contributed by atoms with van der Waals surface area (Å²) < 4.78 is 0. The zero-order valence-corrected chi connectivity index (χ0v) is 6.61. The monoisotopic (exact) mass is 231 g/mol. The molecule has 0 spiro atoms. The maximum Gasteiger partial charge on any atom is 0.126 e. The van der Waals surface area contributed by atoms with E-state index in [4.69, 9.17) is 5.53 Å². The third-order valence-electron chi connectivity index (χ3n) is 0.108. The van der Waals surface area contributed by atoms with Gasteiger partial charge in [-0.3, -0.25) is 0 Å². The summed E-state index contributed by atoms with van der Waals surface area (Å²) in [6.07, 6.45) is 0. The molecule has 0 aromatic rings. The lowest BCUT2D eigenvalue weighted by Crippen LogP contribution is -1.19. The van der Waals surface area contributed by atoms with Crippen LogP contribution in [0.25, 0.3) is 10.4 Å². The summed E-state index contributed by atoms with van der Waals surface area (Å²) in [5.41, 5.74) is 6.88. The molecule has 0 aliphatic carbocycles. The first-order valence-electron chi connectivity index (χ1n) is 0.938. The van der Waals surface area contributed by atoms with Crippen molar-refractivity contribution in [2.45, 2.75) is 0 Å². The molecule has 0 rings (SSSR count). The summed E-state index contributed by atoms with van der Waals surface area (Å²) in [5, 5.41) is 0. The van der Waals surface area contributed by atoms with Gasteiger partial charge in [-0.05, 0) is 41.4 Å². The molecule has 0 N–H and O–H groups in total. The maximum atomic E-state index is 7.65. The van der Waals surface area contributed by atoms with Crippen LogP contribution in [0.15, 0.2) is 4.88 Å². The van der Waals surface area contributed by atoms with Gasteiger partial charge in [0.1, 0.15) is 5.48 Å². The van der Waals surface area contributed by atoms with Crippen molar-refractivity contribution in [2.75, 3.05) is 0 Å². The molecule has 0 aromatic heterocycles. The Balaban J connectivity index is 3.29. The van der Waals surface area contributed by atoms with E-state index in [1.54, 1.807) is 0 Å². The number of rotatable bonds is 1. The van der Waals surface area contributed by atoms with Gasteiger partial charge in [-0.2, -0.15) is 0 Å². The van der Waals surface area contributed by atoms with Crippen molar-refractivity contribution in [1.82, 2.24) is 0 Å². The van der Waals surface area contributed by atoms with Crippen molar-refractivity contribution in [1.29, 1.82) is 0 Å². The normalized spacial score (nSPS) is 7.83. The third-order valence-corrected chi connectivity index (χ3v) is 1.17. The molecule has 0 bridgehead atoms. The zero-order chi connectivity index (χ0) is 4.99. The Hall–Kier alpha value is 0.700. The van der Waals surface area contributed by atoms with Crippen molar-refractivity contribution in [3.8, 4) is 0 Å². The Morgan fingerprint density at radius 2 is 2.17 bits per heavy atom. The van der Waals surface area contributed by atoms with Gasteiger partial charge in [0.15, 0.2) is 0 Å². The molecule has 0 saturated heterocycles. The lowest BCUT2D eigenvalue weighted by atomic mass is 13.0. The van der Waals surface area contributed by atoms with E-state index in [1.165, 1.54) is 0 Å². The Bertz CT molecular complexity index is 72.9. The summed E-state index contributed by atoms with van der Waals surface area (Å²) >= 11 is 5.99. The first-order chi connectivity index (χ1) is 2.77. The molecule has 0 unspecified atom stereocenters. The van der Waals surface area contributed by atoms with Gasteiger partial charge >= 0.3 is 0 Å². The largest absolute Gasteiger partial charge is 0.126 e. The number of hydrogen-bond acceptors (Lipinski definition) is 1. The molecular weight excluding hydrogens is 233 g/mol. The average Bonchev–Trinajstić information content (AvgIpc) is 1.35. The van der Waals surface area contributed by atoms with Crippen LogP contribution >= 0.6 is 36.5 Å². The summed E-state index contributed by atoms with van der Waals surface area (Å²) in [6, 6.07) is 0. The first-order valence-corrected chi connectivity index (χ1v) is 6.27. The van der Waals surface area contributed by atoms with Crippen LogP contribution in [0.4, 0.5) is 0 Å². The van der Waals surface area contributed by atoms with Gasteiger partial charge in [0.05, 0.1) is 0 Å². The van der Waals surface area contributed by atoms with E-state index in [0.29, 0.717) is 0 Å². The predicted molar refractivity (Wildman–Crippen MR) is 33.9 cm³/mol. The van der Waals surface area contributed by atoms with Crippen LogP contribution in [0.5, 0.6) is 0 Å². The molecule has 0 atom stereocenters. The van der Waals surface area contributed by atoms with Crippen LogP contribution in [0.2, 0.25) is 0 Å². The fraction of sp³-hybridized carbons (Fsp3) is 0.